The van der Waals surface area contributed by atoms with Gasteiger partial charge in [-0.25, -0.2) is 0 Å². The molecule has 3 heteroatoms. The van der Waals surface area contributed by atoms with Crippen molar-refractivity contribution in [2.75, 3.05) is 5.75 Å². The minimum Gasteiger partial charge on any atom is -0.447 e. The Morgan fingerprint density at radius 1 is 1.55 bits per heavy atom. The first-order chi connectivity index (χ1) is 4.85. The average Bonchev–Trinajstić information content (AvgIpc) is 2.10. The molecule has 1 fully saturated rings. The van der Waals surface area contributed by atoms with E-state index in [1.807, 2.05) is 6.92 Å². The Kier molecular flexibility index (Phi) is 1.95. The van der Waals surface area contributed by atoms with Crippen molar-refractivity contribution in [3.05, 3.63) is 0 Å². The number of hydrogen-bond donors (Lipinski definition) is 0. The van der Waals surface area contributed by atoms with Gasteiger partial charge in [0.2, 0.25) is 0 Å². The van der Waals surface area contributed by atoms with Gasteiger partial charge in [0, 0.05) is 5.41 Å². The van der Waals surface area contributed by atoms with Crippen LogP contribution in [-0.4, -0.2) is 16.7 Å². The molecule has 1 heterocycles. The van der Waals surface area contributed by atoms with Gasteiger partial charge in [0.15, 0.2) is 4.93 Å². The molecule has 0 N–H and O–H groups in total. The number of rotatable bonds is 0. The van der Waals surface area contributed by atoms with Crippen LogP contribution in [0.25, 0.3) is 0 Å². The van der Waals surface area contributed by atoms with Gasteiger partial charge in [0.1, 0.15) is 0 Å². The Morgan fingerprint density at radius 3 is 2.27 bits per heavy atom. The minimum absolute atomic E-state index is 0.0177. The third-order valence-electron chi connectivity index (χ3n) is 2.14. The van der Waals surface area contributed by atoms with E-state index in [1.165, 1.54) is 0 Å². The molecular weight excluding hydrogens is 160 g/mol. The number of cyclic esters (lactones) is 1. The summed E-state index contributed by atoms with van der Waals surface area (Å²) in [5.74, 6) is 0.403. The summed E-state index contributed by atoms with van der Waals surface area (Å²) in [4.78, 5) is 10.5. The van der Waals surface area contributed by atoms with Gasteiger partial charge in [-0.15, -0.1) is 11.8 Å². The molecule has 1 aliphatic heterocycles. The number of hydrogen-bond acceptors (Lipinski definition) is 3. The third-order valence-corrected chi connectivity index (χ3v) is 3.76. The van der Waals surface area contributed by atoms with Crippen LogP contribution in [-0.2, 0) is 9.53 Å². The van der Waals surface area contributed by atoms with Crippen molar-refractivity contribution in [3.63, 3.8) is 0 Å². The summed E-state index contributed by atoms with van der Waals surface area (Å²) in [6.07, 6.45) is 0. The van der Waals surface area contributed by atoms with E-state index >= 15 is 0 Å². The second-order valence-corrected chi connectivity index (χ2v) is 5.31. The van der Waals surface area contributed by atoms with E-state index in [2.05, 4.69) is 20.8 Å². The van der Waals surface area contributed by atoms with Crippen LogP contribution in [0.3, 0.4) is 0 Å². The topological polar surface area (TPSA) is 26.3 Å². The smallest absolute Gasteiger partial charge is 0.317 e. The number of ether oxygens (including phenoxy) is 1. The van der Waals surface area contributed by atoms with Crippen molar-refractivity contribution in [1.29, 1.82) is 0 Å². The molecule has 0 aliphatic carbocycles. The number of thioether (sulfide) groups is 1. The lowest BCUT2D eigenvalue weighted by Gasteiger charge is -2.35. The van der Waals surface area contributed by atoms with Crippen LogP contribution in [0.1, 0.15) is 27.7 Å². The van der Waals surface area contributed by atoms with Gasteiger partial charge < -0.3 is 4.74 Å². The summed E-state index contributed by atoms with van der Waals surface area (Å²) < 4.78 is 5.24. The molecule has 0 bridgehead atoms. The van der Waals surface area contributed by atoms with E-state index in [-0.39, 0.29) is 16.3 Å². The first-order valence-electron chi connectivity index (χ1n) is 3.71. The van der Waals surface area contributed by atoms with Crippen molar-refractivity contribution in [2.24, 2.45) is 5.41 Å². The average molecular weight is 174 g/mol. The molecule has 11 heavy (non-hydrogen) atoms. The molecule has 0 spiro atoms. The van der Waals surface area contributed by atoms with Gasteiger partial charge in [-0.2, -0.15) is 0 Å². The van der Waals surface area contributed by atoms with Crippen LogP contribution in [0.15, 0.2) is 0 Å². The molecule has 0 amide bonds. The Hall–Kier alpha value is -0.180. The fourth-order valence-corrected chi connectivity index (χ4v) is 1.88. The van der Waals surface area contributed by atoms with Gasteiger partial charge in [0.05, 0.1) is 5.75 Å². The fourth-order valence-electron chi connectivity index (χ4n) is 0.842. The van der Waals surface area contributed by atoms with E-state index in [9.17, 15) is 4.79 Å². The molecule has 0 radical (unpaired) electrons. The van der Waals surface area contributed by atoms with Gasteiger partial charge >= 0.3 is 5.97 Å². The summed E-state index contributed by atoms with van der Waals surface area (Å²) in [5.41, 5.74) is 0.0177. The molecule has 1 rings (SSSR count). The Bertz CT molecular complexity index is 183. The first kappa shape index (κ1) is 8.91. The Labute approximate surface area is 71.7 Å². The maximum atomic E-state index is 10.9. The molecule has 0 saturated carbocycles. The molecule has 1 aliphatic rings. The van der Waals surface area contributed by atoms with Crippen molar-refractivity contribution in [3.8, 4) is 0 Å². The lowest BCUT2D eigenvalue weighted by molar-refractivity contribution is -0.150. The molecule has 1 atom stereocenters. The van der Waals surface area contributed by atoms with E-state index in [0.29, 0.717) is 5.75 Å². The summed E-state index contributed by atoms with van der Waals surface area (Å²) in [5, 5.41) is 0. The maximum Gasteiger partial charge on any atom is 0.317 e. The maximum absolute atomic E-state index is 10.9. The molecule has 0 aromatic carbocycles. The zero-order valence-electron chi connectivity index (χ0n) is 7.43. The van der Waals surface area contributed by atoms with Crippen LogP contribution >= 0.6 is 11.8 Å². The zero-order valence-corrected chi connectivity index (χ0v) is 8.25. The van der Waals surface area contributed by atoms with E-state index in [0.717, 1.165) is 0 Å². The molecule has 1 saturated heterocycles. The number of carbonyl (C=O) groups is 1. The minimum atomic E-state index is -0.329. The predicted molar refractivity (Wildman–Crippen MR) is 46.4 cm³/mol. The highest BCUT2D eigenvalue weighted by Gasteiger charge is 2.46. The van der Waals surface area contributed by atoms with Crippen molar-refractivity contribution in [1.82, 2.24) is 0 Å². The molecule has 0 aromatic heterocycles. The molecule has 0 aromatic rings. The van der Waals surface area contributed by atoms with E-state index in [1.54, 1.807) is 11.8 Å². The van der Waals surface area contributed by atoms with Crippen LogP contribution in [0.4, 0.5) is 0 Å². The molecule has 64 valence electrons. The highest BCUT2D eigenvalue weighted by Crippen LogP contribution is 2.46. The van der Waals surface area contributed by atoms with Crippen LogP contribution in [0, 0.1) is 5.41 Å². The SMILES string of the molecule is CC(C)(C)C1(C)OC(=O)CS1. The molecule has 2 nitrogen and oxygen atoms in total. The second kappa shape index (κ2) is 2.41. The van der Waals surface area contributed by atoms with Gasteiger partial charge in [-0.3, -0.25) is 4.79 Å². The van der Waals surface area contributed by atoms with Crippen molar-refractivity contribution in [2.45, 2.75) is 32.6 Å². The van der Waals surface area contributed by atoms with Gasteiger partial charge in [-0.1, -0.05) is 20.8 Å². The summed E-state index contributed by atoms with van der Waals surface area (Å²) in [6.45, 7) is 8.22. The summed E-state index contributed by atoms with van der Waals surface area (Å²) >= 11 is 1.59. The molecule has 1 unspecified atom stereocenters. The largest absolute Gasteiger partial charge is 0.447 e. The highest BCUT2D eigenvalue weighted by atomic mass is 32.2. The van der Waals surface area contributed by atoms with Crippen LogP contribution in [0.5, 0.6) is 0 Å². The summed E-state index contributed by atoms with van der Waals surface area (Å²) in [6, 6.07) is 0. The normalized spacial score (nSPS) is 32.2. The van der Waals surface area contributed by atoms with Gasteiger partial charge in [-0.05, 0) is 6.92 Å². The summed E-state index contributed by atoms with van der Waals surface area (Å²) in [7, 11) is 0. The number of esters is 1. The number of carbonyl (C=O) groups excluding carboxylic acids is 1. The van der Waals surface area contributed by atoms with Crippen LogP contribution < -0.4 is 0 Å². The van der Waals surface area contributed by atoms with Crippen molar-refractivity contribution < 1.29 is 9.53 Å². The first-order valence-corrected chi connectivity index (χ1v) is 4.69. The Morgan fingerprint density at radius 2 is 2.09 bits per heavy atom. The molecular formula is C8H14O2S. The highest BCUT2D eigenvalue weighted by molar-refractivity contribution is 8.01. The van der Waals surface area contributed by atoms with Crippen molar-refractivity contribution >= 4 is 17.7 Å². The van der Waals surface area contributed by atoms with E-state index < -0.39 is 0 Å². The lowest BCUT2D eigenvalue weighted by atomic mass is 9.89. The fraction of sp³-hybridized carbons (Fsp3) is 0.875. The third kappa shape index (κ3) is 1.53. The second-order valence-electron chi connectivity index (χ2n) is 3.96. The standard InChI is InChI=1S/C8H14O2S/c1-7(2,3)8(4)10-6(9)5-11-8/h5H2,1-4H3. The van der Waals surface area contributed by atoms with E-state index in [4.69, 9.17) is 4.74 Å². The van der Waals surface area contributed by atoms with Crippen LogP contribution in [0.2, 0.25) is 0 Å². The predicted octanol–water partition coefficient (Wildman–Crippen LogP) is 2.04. The van der Waals surface area contributed by atoms with Gasteiger partial charge in [0.25, 0.3) is 0 Å². The quantitative estimate of drug-likeness (QED) is 0.526. The Balaban J connectivity index is 2.77. The lowest BCUT2D eigenvalue weighted by Crippen LogP contribution is -2.36. The monoisotopic (exact) mass is 174 g/mol. The zero-order chi connectivity index (χ0) is 8.70.